The molecule has 0 bridgehead atoms. The van der Waals surface area contributed by atoms with Gasteiger partial charge in [0.05, 0.1) is 12.7 Å². The first-order valence-electron chi connectivity index (χ1n) is 6.43. The van der Waals surface area contributed by atoms with Crippen LogP contribution in [0.25, 0.3) is 0 Å². The van der Waals surface area contributed by atoms with Gasteiger partial charge in [0.15, 0.2) is 0 Å². The second-order valence-electron chi connectivity index (χ2n) is 4.67. The molecule has 0 saturated heterocycles. The number of amides is 1. The average Bonchev–Trinajstić information content (AvgIpc) is 3.03. The number of anilines is 1. The molecular formula is C14H17N3O3S. The van der Waals surface area contributed by atoms with Crippen LogP contribution in [0.3, 0.4) is 0 Å². The summed E-state index contributed by atoms with van der Waals surface area (Å²) in [6.45, 7) is 5.51. The second-order valence-corrected chi connectivity index (χ2v) is 5.93. The van der Waals surface area contributed by atoms with E-state index in [1.807, 2.05) is 19.9 Å². The number of aryl methyl sites for hydroxylation is 2. The van der Waals surface area contributed by atoms with E-state index >= 15 is 0 Å². The molecule has 112 valence electrons. The maximum absolute atomic E-state index is 12.3. The van der Waals surface area contributed by atoms with Gasteiger partial charge >= 0.3 is 5.97 Å². The summed E-state index contributed by atoms with van der Waals surface area (Å²) in [6, 6.07) is 3.07. The summed E-state index contributed by atoms with van der Waals surface area (Å²) < 4.78 is 6.36. The molecule has 0 aliphatic rings. The molecule has 21 heavy (non-hydrogen) atoms. The van der Waals surface area contributed by atoms with Crippen LogP contribution in [-0.2, 0) is 9.53 Å². The minimum Gasteiger partial charge on any atom is -0.465 e. The van der Waals surface area contributed by atoms with E-state index in [1.165, 1.54) is 18.4 Å². The van der Waals surface area contributed by atoms with Crippen LogP contribution >= 0.6 is 11.3 Å². The zero-order valence-corrected chi connectivity index (χ0v) is 13.2. The summed E-state index contributed by atoms with van der Waals surface area (Å²) in [5.74, 6) is -0.689. The quantitative estimate of drug-likeness (QED) is 0.881. The van der Waals surface area contributed by atoms with Crippen LogP contribution in [0.1, 0.15) is 33.9 Å². The molecule has 0 aliphatic heterocycles. The van der Waals surface area contributed by atoms with Gasteiger partial charge in [-0.25, -0.2) is 4.79 Å². The maximum Gasteiger partial charge on any atom is 0.340 e. The van der Waals surface area contributed by atoms with Crippen molar-refractivity contribution in [2.45, 2.75) is 26.8 Å². The third-order valence-electron chi connectivity index (χ3n) is 3.11. The number of nitrogens with zero attached hydrogens (tertiary/aromatic N) is 2. The Morgan fingerprint density at radius 3 is 2.71 bits per heavy atom. The molecule has 0 saturated carbocycles. The summed E-state index contributed by atoms with van der Waals surface area (Å²) in [5, 5.41) is 7.41. The van der Waals surface area contributed by atoms with E-state index in [0.29, 0.717) is 10.6 Å². The molecule has 1 amide bonds. The van der Waals surface area contributed by atoms with Crippen LogP contribution in [-0.4, -0.2) is 28.8 Å². The Bertz CT molecular complexity index is 675. The number of rotatable bonds is 4. The monoisotopic (exact) mass is 307 g/mol. The van der Waals surface area contributed by atoms with Crippen molar-refractivity contribution in [3.8, 4) is 0 Å². The van der Waals surface area contributed by atoms with Crippen molar-refractivity contribution in [1.82, 2.24) is 9.78 Å². The standard InChI is InChI=1S/C14H17N3O3S/c1-8-5-6-15-17(8)10(3)12(18)16-13-11(14(19)20-4)7-9(2)21-13/h5-7,10H,1-4H3,(H,16,18). The Hall–Kier alpha value is -2.15. The van der Waals surface area contributed by atoms with Crippen molar-refractivity contribution >= 4 is 28.2 Å². The molecule has 7 heteroatoms. The number of esters is 1. The van der Waals surface area contributed by atoms with E-state index in [0.717, 1.165) is 10.6 Å². The molecule has 0 spiro atoms. The average molecular weight is 307 g/mol. The lowest BCUT2D eigenvalue weighted by molar-refractivity contribution is -0.119. The molecule has 1 N–H and O–H groups in total. The summed E-state index contributed by atoms with van der Waals surface area (Å²) in [5.41, 5.74) is 1.27. The van der Waals surface area contributed by atoms with Crippen molar-refractivity contribution in [1.29, 1.82) is 0 Å². The van der Waals surface area contributed by atoms with Gasteiger partial charge in [-0.2, -0.15) is 5.10 Å². The number of carbonyl (C=O) groups is 2. The van der Waals surface area contributed by atoms with Crippen LogP contribution in [0, 0.1) is 13.8 Å². The van der Waals surface area contributed by atoms with Gasteiger partial charge in [-0.15, -0.1) is 11.3 Å². The van der Waals surface area contributed by atoms with E-state index < -0.39 is 12.0 Å². The Morgan fingerprint density at radius 1 is 1.43 bits per heavy atom. The third kappa shape index (κ3) is 3.13. The van der Waals surface area contributed by atoms with Crippen molar-refractivity contribution < 1.29 is 14.3 Å². The lowest BCUT2D eigenvalue weighted by atomic mass is 10.2. The highest BCUT2D eigenvalue weighted by molar-refractivity contribution is 7.16. The smallest absolute Gasteiger partial charge is 0.340 e. The zero-order valence-electron chi connectivity index (χ0n) is 12.3. The van der Waals surface area contributed by atoms with E-state index in [2.05, 4.69) is 10.4 Å². The van der Waals surface area contributed by atoms with Crippen LogP contribution in [0.5, 0.6) is 0 Å². The highest BCUT2D eigenvalue weighted by atomic mass is 32.1. The highest BCUT2D eigenvalue weighted by Gasteiger charge is 2.21. The predicted molar refractivity (Wildman–Crippen MR) is 80.7 cm³/mol. The Kier molecular flexibility index (Phi) is 4.42. The fourth-order valence-corrected chi connectivity index (χ4v) is 2.88. The number of aromatic nitrogens is 2. The first kappa shape index (κ1) is 15.2. The number of thiophene rings is 1. The lowest BCUT2D eigenvalue weighted by Crippen LogP contribution is -2.25. The molecule has 2 heterocycles. The Labute approximate surface area is 126 Å². The van der Waals surface area contributed by atoms with Crippen LogP contribution in [0.4, 0.5) is 5.00 Å². The van der Waals surface area contributed by atoms with Gasteiger partial charge in [0.25, 0.3) is 0 Å². The van der Waals surface area contributed by atoms with Gasteiger partial charge in [0, 0.05) is 16.8 Å². The molecule has 2 aromatic rings. The van der Waals surface area contributed by atoms with Gasteiger partial charge in [0.2, 0.25) is 5.91 Å². The Balaban J connectivity index is 2.20. The molecule has 0 aliphatic carbocycles. The minimum absolute atomic E-state index is 0.228. The largest absolute Gasteiger partial charge is 0.465 e. The molecule has 1 unspecified atom stereocenters. The molecule has 0 radical (unpaired) electrons. The van der Waals surface area contributed by atoms with E-state index in [1.54, 1.807) is 23.9 Å². The fraction of sp³-hybridized carbons (Fsp3) is 0.357. The van der Waals surface area contributed by atoms with Crippen molar-refractivity contribution in [3.05, 3.63) is 34.5 Å². The van der Waals surface area contributed by atoms with Crippen molar-refractivity contribution in [2.24, 2.45) is 0 Å². The predicted octanol–water partition coefficient (Wildman–Crippen LogP) is 2.55. The summed E-state index contributed by atoms with van der Waals surface area (Å²) in [4.78, 5) is 24.9. The number of nitrogens with one attached hydrogen (secondary N) is 1. The maximum atomic E-state index is 12.3. The molecule has 2 aromatic heterocycles. The topological polar surface area (TPSA) is 73.2 Å². The zero-order chi connectivity index (χ0) is 15.6. The highest BCUT2D eigenvalue weighted by Crippen LogP contribution is 2.29. The van der Waals surface area contributed by atoms with Gasteiger partial charge in [-0.3, -0.25) is 9.48 Å². The van der Waals surface area contributed by atoms with E-state index in [4.69, 9.17) is 4.74 Å². The summed E-state index contributed by atoms with van der Waals surface area (Å²) >= 11 is 1.34. The minimum atomic E-state index is -0.465. The number of ether oxygens (including phenoxy) is 1. The van der Waals surface area contributed by atoms with Gasteiger partial charge in [-0.1, -0.05) is 0 Å². The first-order valence-corrected chi connectivity index (χ1v) is 7.25. The molecule has 2 rings (SSSR count). The van der Waals surface area contributed by atoms with Crippen LogP contribution in [0.15, 0.2) is 18.3 Å². The third-order valence-corrected chi connectivity index (χ3v) is 4.08. The number of hydrogen-bond acceptors (Lipinski definition) is 5. The van der Waals surface area contributed by atoms with Gasteiger partial charge in [0.1, 0.15) is 11.0 Å². The van der Waals surface area contributed by atoms with Gasteiger partial charge < -0.3 is 10.1 Å². The van der Waals surface area contributed by atoms with Crippen molar-refractivity contribution in [2.75, 3.05) is 12.4 Å². The summed E-state index contributed by atoms with van der Waals surface area (Å²) in [6.07, 6.45) is 1.65. The molecule has 0 fully saturated rings. The lowest BCUT2D eigenvalue weighted by Gasteiger charge is -2.14. The second kappa shape index (κ2) is 6.09. The first-order chi connectivity index (χ1) is 9.93. The Morgan fingerprint density at radius 2 is 2.14 bits per heavy atom. The molecule has 1 atom stereocenters. The molecule has 6 nitrogen and oxygen atoms in total. The van der Waals surface area contributed by atoms with Crippen molar-refractivity contribution in [3.63, 3.8) is 0 Å². The van der Waals surface area contributed by atoms with Crippen LogP contribution in [0.2, 0.25) is 0 Å². The van der Waals surface area contributed by atoms with E-state index in [9.17, 15) is 9.59 Å². The molecular weight excluding hydrogens is 290 g/mol. The molecule has 0 aromatic carbocycles. The van der Waals surface area contributed by atoms with Crippen LogP contribution < -0.4 is 5.32 Å². The number of methoxy groups -OCH3 is 1. The van der Waals surface area contributed by atoms with Gasteiger partial charge in [-0.05, 0) is 32.9 Å². The normalized spacial score (nSPS) is 12.0. The SMILES string of the molecule is COC(=O)c1cc(C)sc1NC(=O)C(C)n1nccc1C. The number of carbonyl (C=O) groups excluding carboxylic acids is 2. The van der Waals surface area contributed by atoms with E-state index in [-0.39, 0.29) is 5.91 Å². The summed E-state index contributed by atoms with van der Waals surface area (Å²) in [7, 11) is 1.32. The number of hydrogen-bond donors (Lipinski definition) is 1. The fourth-order valence-electron chi connectivity index (χ4n) is 1.98.